The summed E-state index contributed by atoms with van der Waals surface area (Å²) >= 11 is 0. The fourth-order valence-corrected chi connectivity index (χ4v) is 0.771. The minimum Gasteiger partial charge on any atom is -0.393 e. The Morgan fingerprint density at radius 3 is 3.12 bits per heavy atom. The van der Waals surface area contributed by atoms with Crippen molar-refractivity contribution in [3.63, 3.8) is 0 Å². The van der Waals surface area contributed by atoms with Crippen molar-refractivity contribution in [3.05, 3.63) is 12.2 Å². The van der Waals surface area contributed by atoms with Crippen LogP contribution < -0.4 is 0 Å². The zero-order valence-corrected chi connectivity index (χ0v) is 4.85. The summed E-state index contributed by atoms with van der Waals surface area (Å²) in [7, 11) is 0. The lowest BCUT2D eigenvalue weighted by atomic mass is 9.94. The average molecular weight is 114 g/mol. The van der Waals surface area contributed by atoms with Crippen LogP contribution in [0.4, 0.5) is 0 Å². The zero-order valence-electron chi connectivity index (χ0n) is 6.85. The van der Waals surface area contributed by atoms with Crippen molar-refractivity contribution in [2.75, 3.05) is 0 Å². The van der Waals surface area contributed by atoms with Crippen LogP contribution in [0, 0.1) is 0 Å². The first-order chi connectivity index (χ1) is 4.52. The Balaban J connectivity index is 2.60. The topological polar surface area (TPSA) is 20.2 Å². The number of hydrogen-bond acceptors (Lipinski definition) is 1. The molecule has 0 amide bonds. The van der Waals surface area contributed by atoms with E-state index >= 15 is 0 Å². The fourth-order valence-electron chi connectivity index (χ4n) is 0.771. The largest absolute Gasteiger partial charge is 0.393 e. The lowest BCUT2D eigenvalue weighted by Crippen LogP contribution is -2.11. The lowest BCUT2D eigenvalue weighted by Gasteiger charge is -2.17. The van der Waals surface area contributed by atoms with Gasteiger partial charge in [-0.3, -0.25) is 0 Å². The maximum absolute atomic E-state index is 9.20. The second-order valence-electron chi connectivity index (χ2n) is 2.15. The molecule has 0 heterocycles. The molecule has 0 spiro atoms. The first-order valence-electron chi connectivity index (χ1n) is 3.91. The van der Waals surface area contributed by atoms with Gasteiger partial charge in [-0.25, -0.2) is 0 Å². The van der Waals surface area contributed by atoms with Crippen molar-refractivity contribution < 1.29 is 7.85 Å². The van der Waals surface area contributed by atoms with Crippen LogP contribution >= 0.6 is 0 Å². The van der Waals surface area contributed by atoms with Crippen LogP contribution in [0.5, 0.6) is 0 Å². The van der Waals surface area contributed by atoms with Gasteiger partial charge in [0.05, 0.1) is 7.45 Å². The molecular formula is C7H12O. The molecule has 0 aromatic rings. The summed E-state index contributed by atoms with van der Waals surface area (Å²) in [6, 6.07) is 0. The van der Waals surface area contributed by atoms with Crippen molar-refractivity contribution in [2.45, 2.75) is 31.7 Å². The highest BCUT2D eigenvalue weighted by Crippen LogP contribution is 2.20. The van der Waals surface area contributed by atoms with Gasteiger partial charge in [-0.2, -0.15) is 0 Å². The van der Waals surface area contributed by atoms with Crippen molar-refractivity contribution in [1.82, 2.24) is 0 Å². The molecule has 46 valence electrons. The average Bonchev–Trinajstić information content (AvgIpc) is 1.81. The lowest BCUT2D eigenvalue weighted by molar-refractivity contribution is 0.144. The summed E-state index contributed by atoms with van der Waals surface area (Å²) in [6.45, 7) is 3.72. The van der Waals surface area contributed by atoms with E-state index in [1.165, 1.54) is 0 Å². The van der Waals surface area contributed by atoms with Crippen LogP contribution in [0.3, 0.4) is 0 Å². The quantitative estimate of drug-likeness (QED) is 0.473. The van der Waals surface area contributed by atoms with E-state index in [1.807, 2.05) is 0 Å². The molecule has 8 heavy (non-hydrogen) atoms. The van der Waals surface area contributed by atoms with Crippen molar-refractivity contribution in [1.29, 1.82) is 0 Å². The summed E-state index contributed by atoms with van der Waals surface area (Å²) in [5.74, 6) is 0. The molecule has 1 rings (SSSR count). The highest BCUT2D eigenvalue weighted by atomic mass is 16.3. The number of rotatable bonds is 0. The maximum atomic E-state index is 9.20. The minimum atomic E-state index is -1.53. The molecule has 0 aliphatic heterocycles. The van der Waals surface area contributed by atoms with Crippen molar-refractivity contribution >= 4 is 0 Å². The van der Waals surface area contributed by atoms with Crippen molar-refractivity contribution in [2.24, 2.45) is 0 Å². The van der Waals surface area contributed by atoms with Crippen LogP contribution in [0.2, 0.25) is 0 Å². The fraction of sp³-hybridized carbons (Fsp3) is 0.714. The highest BCUT2D eigenvalue weighted by Gasteiger charge is 2.10. The summed E-state index contributed by atoms with van der Waals surface area (Å²) < 4.78 is 14.6. The minimum absolute atomic E-state index is 0.361. The van der Waals surface area contributed by atoms with Crippen LogP contribution in [-0.2, 0) is 0 Å². The van der Waals surface area contributed by atoms with Gasteiger partial charge in [0.2, 0.25) is 0 Å². The SMILES string of the molecule is [2H]C1CC(=C)CCC1([2H])O. The van der Waals surface area contributed by atoms with E-state index in [2.05, 4.69) is 6.58 Å². The third-order valence-electron chi connectivity index (χ3n) is 1.36. The summed E-state index contributed by atoms with van der Waals surface area (Å²) in [5.41, 5.74) is 0.983. The Hall–Kier alpha value is -0.300. The molecule has 0 saturated heterocycles. The molecule has 2 atom stereocenters. The molecule has 1 N–H and O–H groups in total. The molecule has 0 aromatic carbocycles. The van der Waals surface area contributed by atoms with Crippen LogP contribution in [0.25, 0.3) is 0 Å². The molecule has 1 saturated carbocycles. The number of hydrogen-bond donors (Lipinski definition) is 1. The van der Waals surface area contributed by atoms with Gasteiger partial charge in [0, 0.05) is 1.37 Å². The molecule has 1 aliphatic carbocycles. The van der Waals surface area contributed by atoms with Gasteiger partial charge >= 0.3 is 0 Å². The molecule has 0 radical (unpaired) electrons. The van der Waals surface area contributed by atoms with Gasteiger partial charge in [-0.05, 0) is 25.7 Å². The van der Waals surface area contributed by atoms with Crippen molar-refractivity contribution in [3.8, 4) is 0 Å². The van der Waals surface area contributed by atoms with E-state index in [1.54, 1.807) is 0 Å². The molecule has 1 fully saturated rings. The summed E-state index contributed by atoms with van der Waals surface area (Å²) in [5, 5.41) is 9.20. The summed E-state index contributed by atoms with van der Waals surface area (Å²) in [6.07, 6.45) is -0.704. The number of allylic oxidation sites excluding steroid dienone is 1. The second-order valence-corrected chi connectivity index (χ2v) is 2.15. The molecular weight excluding hydrogens is 100 g/mol. The van der Waals surface area contributed by atoms with Gasteiger partial charge < -0.3 is 5.11 Å². The standard InChI is InChI=1S/C7H12O/c1-6-2-4-7(8)5-3-6/h7-8H,1-5H2/i4D,7D. The van der Waals surface area contributed by atoms with E-state index in [9.17, 15) is 5.11 Å². The van der Waals surface area contributed by atoms with Gasteiger partial charge in [-0.1, -0.05) is 12.2 Å². The van der Waals surface area contributed by atoms with E-state index in [0.29, 0.717) is 19.3 Å². The second kappa shape index (κ2) is 2.31. The summed E-state index contributed by atoms with van der Waals surface area (Å²) in [4.78, 5) is 0. The Morgan fingerprint density at radius 1 is 1.88 bits per heavy atom. The highest BCUT2D eigenvalue weighted by molar-refractivity contribution is 4.98. The normalized spacial score (nSPS) is 52.6. The van der Waals surface area contributed by atoms with Gasteiger partial charge in [0.15, 0.2) is 0 Å². The van der Waals surface area contributed by atoms with E-state index < -0.39 is 12.5 Å². The predicted molar refractivity (Wildman–Crippen MR) is 33.6 cm³/mol. The molecule has 1 nitrogen and oxygen atoms in total. The van der Waals surface area contributed by atoms with Gasteiger partial charge in [0.1, 0.15) is 0 Å². The van der Waals surface area contributed by atoms with Gasteiger partial charge in [0.25, 0.3) is 0 Å². The van der Waals surface area contributed by atoms with Crippen LogP contribution in [-0.4, -0.2) is 11.2 Å². The smallest absolute Gasteiger partial charge is 0.0601 e. The molecule has 0 aromatic heterocycles. The number of aliphatic hydroxyl groups is 1. The third kappa shape index (κ3) is 1.34. The predicted octanol–water partition coefficient (Wildman–Crippen LogP) is 1.48. The molecule has 2 unspecified atom stereocenters. The first-order valence-corrected chi connectivity index (χ1v) is 2.83. The monoisotopic (exact) mass is 114 g/mol. The van der Waals surface area contributed by atoms with Gasteiger partial charge in [-0.15, -0.1) is 0 Å². The third-order valence-corrected chi connectivity index (χ3v) is 1.36. The zero-order chi connectivity index (χ0) is 7.78. The van der Waals surface area contributed by atoms with Crippen LogP contribution in [0.15, 0.2) is 12.2 Å². The molecule has 1 aliphatic rings. The Morgan fingerprint density at radius 2 is 2.62 bits per heavy atom. The first kappa shape index (κ1) is 3.67. The van der Waals surface area contributed by atoms with E-state index in [-0.39, 0.29) is 0 Å². The van der Waals surface area contributed by atoms with Crippen LogP contribution in [0.1, 0.15) is 28.4 Å². The Bertz CT molecular complexity index is 154. The molecule has 1 heteroatoms. The Kier molecular flexibility index (Phi) is 1.06. The van der Waals surface area contributed by atoms with E-state index in [4.69, 9.17) is 2.74 Å². The maximum Gasteiger partial charge on any atom is 0.0601 e. The van der Waals surface area contributed by atoms with E-state index in [0.717, 1.165) is 5.57 Å². The molecule has 0 bridgehead atoms. The Labute approximate surface area is 52.8 Å².